The van der Waals surface area contributed by atoms with E-state index in [1.165, 1.54) is 32.2 Å². The van der Waals surface area contributed by atoms with Crippen molar-refractivity contribution in [2.75, 3.05) is 5.75 Å². The lowest BCUT2D eigenvalue weighted by molar-refractivity contribution is -0.294. The molecule has 0 aliphatic carbocycles. The van der Waals surface area contributed by atoms with Crippen molar-refractivity contribution in [1.82, 2.24) is 9.97 Å². The van der Waals surface area contributed by atoms with E-state index in [9.17, 15) is 30.4 Å². The number of pyridine rings is 1. The fourth-order valence-corrected chi connectivity index (χ4v) is 3.46. The molecule has 0 saturated carbocycles. The highest BCUT2D eigenvalue weighted by Crippen LogP contribution is 2.43. The molecule has 0 radical (unpaired) electrons. The molecular weight excluding hydrogens is 407 g/mol. The highest BCUT2D eigenvalue weighted by Gasteiger charge is 2.61. The lowest BCUT2D eigenvalue weighted by Gasteiger charge is -2.25. The Kier molecular flexibility index (Phi) is 5.98. The van der Waals surface area contributed by atoms with Gasteiger partial charge in [0, 0.05) is 6.20 Å². The first-order chi connectivity index (χ1) is 12.8. The summed E-state index contributed by atoms with van der Waals surface area (Å²) in [5.74, 6) is -7.75. The van der Waals surface area contributed by atoms with Crippen molar-refractivity contribution >= 4 is 22.5 Å². The van der Waals surface area contributed by atoms with Crippen LogP contribution in [0.1, 0.15) is 20.3 Å². The van der Waals surface area contributed by atoms with Crippen LogP contribution in [0.3, 0.4) is 0 Å². The van der Waals surface area contributed by atoms with Crippen molar-refractivity contribution < 1.29 is 34.8 Å². The van der Waals surface area contributed by atoms with Gasteiger partial charge in [-0.15, -0.1) is 0 Å². The van der Waals surface area contributed by atoms with Gasteiger partial charge in [-0.2, -0.15) is 22.0 Å². The van der Waals surface area contributed by atoms with Gasteiger partial charge in [-0.3, -0.25) is 0 Å². The van der Waals surface area contributed by atoms with Crippen molar-refractivity contribution in [3.05, 3.63) is 29.1 Å². The highest BCUT2D eigenvalue weighted by atomic mass is 32.2. The van der Waals surface area contributed by atoms with E-state index in [2.05, 4.69) is 16.5 Å². The zero-order chi connectivity index (χ0) is 21.3. The summed E-state index contributed by atoms with van der Waals surface area (Å²) in [5, 5.41) is -0.337. The number of halogens is 5. The average Bonchev–Trinajstić information content (AvgIpc) is 2.99. The minimum absolute atomic E-state index is 0.176. The number of rotatable bonds is 6. The maximum absolute atomic E-state index is 13.7. The second-order valence-electron chi connectivity index (χ2n) is 5.88. The molecule has 0 N–H and O–H groups in total. The van der Waals surface area contributed by atoms with E-state index in [-0.39, 0.29) is 33.0 Å². The van der Waals surface area contributed by atoms with E-state index in [1.54, 1.807) is 0 Å². The number of nitrogens with zero attached hydrogens (tertiary/aromatic N) is 2. The van der Waals surface area contributed by atoms with Crippen LogP contribution in [0, 0.1) is 5.92 Å². The molecule has 154 valence electrons. The third kappa shape index (κ3) is 4.08. The van der Waals surface area contributed by atoms with Crippen LogP contribution >= 0.6 is 0 Å². The van der Waals surface area contributed by atoms with E-state index >= 15 is 0 Å². The summed E-state index contributed by atoms with van der Waals surface area (Å²) in [4.78, 5) is 7.56. The van der Waals surface area contributed by atoms with Crippen LogP contribution in [0.2, 0.25) is 0 Å². The quantitative estimate of drug-likeness (QED) is 0.667. The van der Waals surface area contributed by atoms with Crippen LogP contribution in [0.5, 0.6) is 0 Å². The summed E-state index contributed by atoms with van der Waals surface area (Å²) >= 11 is 0. The molecule has 0 amide bonds. The fraction of sp³-hybridized carbons (Fsp3) is 0.412. The van der Waals surface area contributed by atoms with Crippen molar-refractivity contribution in [2.24, 2.45) is 5.92 Å². The number of aromatic nitrogens is 2. The van der Waals surface area contributed by atoms with Crippen LogP contribution in [0.15, 0.2) is 27.6 Å². The SMILES string of the molecule is C=c1oc(-c2ncccc2S(=O)(=O)CC)n/c1=C/C(CC)C(F)(F)C(F)(F)F. The first kappa shape index (κ1) is 22.0. The molecule has 5 nitrogen and oxygen atoms in total. The Morgan fingerprint density at radius 1 is 1.25 bits per heavy atom. The van der Waals surface area contributed by atoms with E-state index in [4.69, 9.17) is 4.42 Å². The molecule has 2 aromatic heterocycles. The van der Waals surface area contributed by atoms with Gasteiger partial charge in [-0.25, -0.2) is 18.4 Å². The van der Waals surface area contributed by atoms with E-state index in [0.29, 0.717) is 6.08 Å². The molecule has 28 heavy (non-hydrogen) atoms. The van der Waals surface area contributed by atoms with Gasteiger partial charge in [0.1, 0.15) is 16.5 Å². The van der Waals surface area contributed by atoms with Crippen molar-refractivity contribution in [3.63, 3.8) is 0 Å². The minimum Gasteiger partial charge on any atom is -0.435 e. The normalized spacial score (nSPS) is 15.0. The molecule has 2 heterocycles. The largest absolute Gasteiger partial charge is 0.453 e. The standard InChI is InChI=1S/C17H17F5N2O3S/c1-4-11(16(18,19)17(20,21)22)9-12-10(3)27-15(24-12)14-13(7-6-8-23-14)28(25,26)5-2/h6-9,11H,3-5H2,1-2H3/b12-9+. The topological polar surface area (TPSA) is 73.1 Å². The Morgan fingerprint density at radius 3 is 2.43 bits per heavy atom. The summed E-state index contributed by atoms with van der Waals surface area (Å²) < 4.78 is 95.0. The van der Waals surface area contributed by atoms with E-state index in [1.807, 2.05) is 0 Å². The maximum Gasteiger partial charge on any atom is 0.453 e. The Labute approximate surface area is 157 Å². The van der Waals surface area contributed by atoms with Crippen molar-refractivity contribution in [2.45, 2.75) is 37.3 Å². The Hall–Kier alpha value is -2.30. The molecule has 0 aliphatic rings. The number of sulfone groups is 1. The molecule has 11 heteroatoms. The zero-order valence-electron chi connectivity index (χ0n) is 14.9. The van der Waals surface area contributed by atoms with E-state index < -0.39 is 34.3 Å². The molecular formula is C17H17F5N2O3S. The van der Waals surface area contributed by atoms with Gasteiger partial charge in [-0.05, 0) is 24.6 Å². The van der Waals surface area contributed by atoms with Crippen molar-refractivity contribution in [1.29, 1.82) is 0 Å². The van der Waals surface area contributed by atoms with Gasteiger partial charge in [0.25, 0.3) is 0 Å². The van der Waals surface area contributed by atoms with Gasteiger partial charge in [-0.1, -0.05) is 20.4 Å². The molecule has 1 unspecified atom stereocenters. The van der Waals surface area contributed by atoms with Gasteiger partial charge in [0.15, 0.2) is 9.84 Å². The smallest absolute Gasteiger partial charge is 0.435 e. The Balaban J connectivity index is 2.62. The summed E-state index contributed by atoms with van der Waals surface area (Å²) in [6.07, 6.45) is -4.36. The number of hydrogen-bond donors (Lipinski definition) is 0. The third-order valence-electron chi connectivity index (χ3n) is 4.06. The zero-order valence-corrected chi connectivity index (χ0v) is 15.7. The van der Waals surface area contributed by atoms with Crippen LogP contribution in [-0.2, 0) is 9.84 Å². The van der Waals surface area contributed by atoms with Gasteiger partial charge >= 0.3 is 12.1 Å². The summed E-state index contributed by atoms with van der Waals surface area (Å²) in [6, 6.07) is 2.65. The van der Waals surface area contributed by atoms with Gasteiger partial charge in [0.2, 0.25) is 5.89 Å². The Bertz CT molecular complexity index is 1060. The third-order valence-corrected chi connectivity index (χ3v) is 5.82. The summed E-state index contributed by atoms with van der Waals surface area (Å²) in [7, 11) is -3.71. The molecule has 0 saturated heterocycles. The van der Waals surface area contributed by atoms with Crippen LogP contribution in [-0.4, -0.2) is 36.2 Å². The molecule has 2 aromatic rings. The summed E-state index contributed by atoms with van der Waals surface area (Å²) in [5.41, 5.74) is -0.457. The van der Waals surface area contributed by atoms with Crippen LogP contribution < -0.4 is 10.8 Å². The van der Waals surface area contributed by atoms with Crippen LogP contribution in [0.4, 0.5) is 22.0 Å². The fourth-order valence-electron chi connectivity index (χ4n) is 2.43. The molecule has 0 aromatic carbocycles. The van der Waals surface area contributed by atoms with Gasteiger partial charge < -0.3 is 4.42 Å². The van der Waals surface area contributed by atoms with Crippen LogP contribution in [0.25, 0.3) is 24.2 Å². The predicted octanol–water partition coefficient (Wildman–Crippen LogP) is 2.94. The molecule has 2 rings (SSSR count). The molecule has 1 atom stereocenters. The second kappa shape index (κ2) is 7.61. The highest BCUT2D eigenvalue weighted by molar-refractivity contribution is 7.91. The number of hydrogen-bond acceptors (Lipinski definition) is 5. The monoisotopic (exact) mass is 424 g/mol. The maximum atomic E-state index is 13.7. The lowest BCUT2D eigenvalue weighted by atomic mass is 9.97. The number of oxazole rings is 1. The van der Waals surface area contributed by atoms with E-state index in [0.717, 1.165) is 0 Å². The lowest BCUT2D eigenvalue weighted by Crippen LogP contribution is -2.43. The first-order valence-corrected chi connectivity index (χ1v) is 9.80. The number of alkyl halides is 5. The first-order valence-electron chi connectivity index (χ1n) is 8.15. The average molecular weight is 424 g/mol. The van der Waals surface area contributed by atoms with Gasteiger partial charge in [0.05, 0.1) is 16.6 Å². The second-order valence-corrected chi connectivity index (χ2v) is 8.13. The molecule has 0 spiro atoms. The minimum atomic E-state index is -5.73. The molecule has 0 bridgehead atoms. The summed E-state index contributed by atoms with van der Waals surface area (Å²) in [6.45, 7) is 6.04. The predicted molar refractivity (Wildman–Crippen MR) is 91.5 cm³/mol. The van der Waals surface area contributed by atoms with Crippen molar-refractivity contribution in [3.8, 4) is 11.6 Å². The molecule has 0 fully saturated rings. The molecule has 0 aliphatic heterocycles. The Morgan fingerprint density at radius 2 is 1.89 bits per heavy atom.